The Hall–Kier alpha value is -4.09. The highest BCUT2D eigenvalue weighted by Gasteiger charge is 2.28. The predicted octanol–water partition coefficient (Wildman–Crippen LogP) is 4.52. The van der Waals surface area contributed by atoms with Crippen LogP contribution in [0.5, 0.6) is 0 Å². The molecule has 1 saturated heterocycles. The molecule has 176 valence electrons. The van der Waals surface area contributed by atoms with Gasteiger partial charge < -0.3 is 21.3 Å². The normalized spacial score (nSPS) is 13.7. The number of anilines is 3. The van der Waals surface area contributed by atoms with E-state index < -0.39 is 0 Å². The van der Waals surface area contributed by atoms with Crippen LogP contribution < -0.4 is 16.4 Å². The van der Waals surface area contributed by atoms with Crippen molar-refractivity contribution in [1.82, 2.24) is 9.88 Å². The fourth-order valence-corrected chi connectivity index (χ4v) is 5.67. The number of para-hydroxylation sites is 1. The smallest absolute Gasteiger partial charge is 0.266 e. The zero-order valence-electron chi connectivity index (χ0n) is 19.5. The standard InChI is InChI=1S/C27H26N6OS/c1-2-17-8-10-18(11-9-17)21-20(16-28)25(30)31-26-22(21)23(29)24(35-26)27(34)33-14-12-32(13-15-33)19-6-4-3-5-7-19/h3-11H,2,12-15,29H2,1H3,(H2,30,31). The average molecular weight is 483 g/mol. The van der Waals surface area contributed by atoms with E-state index in [1.165, 1.54) is 16.9 Å². The van der Waals surface area contributed by atoms with Gasteiger partial charge in [0.05, 0.1) is 5.69 Å². The van der Waals surface area contributed by atoms with Crippen LogP contribution in [0.4, 0.5) is 17.2 Å². The fraction of sp³-hybridized carbons (Fsp3) is 0.222. The summed E-state index contributed by atoms with van der Waals surface area (Å²) in [5.41, 5.74) is 17.2. The molecule has 2 aromatic carbocycles. The van der Waals surface area contributed by atoms with Crippen molar-refractivity contribution in [2.45, 2.75) is 13.3 Å². The summed E-state index contributed by atoms with van der Waals surface area (Å²) in [5.74, 6) is 0.0360. The SMILES string of the molecule is CCc1ccc(-c2c(C#N)c(N)nc3sc(C(=O)N4CCN(c5ccccc5)CC4)c(N)c23)cc1. The minimum atomic E-state index is -0.109. The van der Waals surface area contributed by atoms with E-state index in [9.17, 15) is 10.1 Å². The van der Waals surface area contributed by atoms with Crippen molar-refractivity contribution in [1.29, 1.82) is 5.26 Å². The summed E-state index contributed by atoms with van der Waals surface area (Å²) in [6, 6.07) is 20.4. The van der Waals surface area contributed by atoms with Gasteiger partial charge in [0, 0.05) is 42.8 Å². The van der Waals surface area contributed by atoms with Crippen LogP contribution in [0.2, 0.25) is 0 Å². The Labute approximate surface area is 208 Å². The molecule has 5 rings (SSSR count). The van der Waals surface area contributed by atoms with Gasteiger partial charge in [-0.3, -0.25) is 4.79 Å². The summed E-state index contributed by atoms with van der Waals surface area (Å²) in [6.45, 7) is 4.79. The van der Waals surface area contributed by atoms with Crippen LogP contribution in [0.1, 0.15) is 27.7 Å². The third-order valence-electron chi connectivity index (χ3n) is 6.55. The number of aromatic nitrogens is 1. The molecule has 1 fully saturated rings. The molecule has 2 aromatic heterocycles. The monoisotopic (exact) mass is 482 g/mol. The molecule has 1 aliphatic heterocycles. The van der Waals surface area contributed by atoms with E-state index in [0.29, 0.717) is 39.4 Å². The van der Waals surface area contributed by atoms with Crippen molar-refractivity contribution in [3.8, 4) is 17.2 Å². The molecule has 7 nitrogen and oxygen atoms in total. The van der Waals surface area contributed by atoms with Crippen LogP contribution in [0.3, 0.4) is 0 Å². The molecule has 8 heteroatoms. The lowest BCUT2D eigenvalue weighted by Crippen LogP contribution is -2.48. The average Bonchev–Trinajstić information content (AvgIpc) is 3.23. The predicted molar refractivity (Wildman–Crippen MR) is 143 cm³/mol. The van der Waals surface area contributed by atoms with Crippen molar-refractivity contribution in [3.05, 3.63) is 70.6 Å². The molecule has 4 N–H and O–H groups in total. The Kier molecular flexibility index (Phi) is 6.01. The van der Waals surface area contributed by atoms with Crippen LogP contribution in [0.25, 0.3) is 21.3 Å². The maximum atomic E-state index is 13.5. The highest BCUT2D eigenvalue weighted by Crippen LogP contribution is 2.43. The van der Waals surface area contributed by atoms with Crippen molar-refractivity contribution >= 4 is 44.7 Å². The summed E-state index contributed by atoms with van der Waals surface area (Å²) in [6.07, 6.45) is 0.913. The lowest BCUT2D eigenvalue weighted by molar-refractivity contribution is 0.0752. The quantitative estimate of drug-likeness (QED) is 0.442. The van der Waals surface area contributed by atoms with Gasteiger partial charge in [-0.15, -0.1) is 11.3 Å². The summed E-state index contributed by atoms with van der Waals surface area (Å²) in [4.78, 5) is 23.1. The van der Waals surface area contributed by atoms with Crippen LogP contribution in [0, 0.1) is 11.3 Å². The third-order valence-corrected chi connectivity index (χ3v) is 7.64. The summed E-state index contributed by atoms with van der Waals surface area (Å²) >= 11 is 1.24. The van der Waals surface area contributed by atoms with Gasteiger partial charge in [-0.05, 0) is 29.7 Å². The molecule has 0 radical (unpaired) electrons. The number of benzene rings is 2. The molecule has 0 aliphatic carbocycles. The van der Waals surface area contributed by atoms with Gasteiger partial charge in [0.15, 0.2) is 0 Å². The molecule has 0 saturated carbocycles. The molecule has 35 heavy (non-hydrogen) atoms. The van der Waals surface area contributed by atoms with E-state index in [-0.39, 0.29) is 17.3 Å². The molecule has 0 bridgehead atoms. The van der Waals surface area contributed by atoms with Crippen LogP contribution in [-0.2, 0) is 6.42 Å². The molecule has 0 spiro atoms. The maximum Gasteiger partial charge on any atom is 0.266 e. The van der Waals surface area contributed by atoms with Crippen LogP contribution in [0.15, 0.2) is 54.6 Å². The number of amides is 1. The number of piperazine rings is 1. The Balaban J connectivity index is 1.51. The van der Waals surface area contributed by atoms with Crippen molar-refractivity contribution in [3.63, 3.8) is 0 Å². The fourth-order valence-electron chi connectivity index (χ4n) is 4.59. The lowest BCUT2D eigenvalue weighted by atomic mass is 9.96. The largest absolute Gasteiger partial charge is 0.397 e. The van der Waals surface area contributed by atoms with E-state index in [0.717, 1.165) is 30.8 Å². The van der Waals surface area contributed by atoms with E-state index in [1.54, 1.807) is 0 Å². The number of hydrogen-bond acceptors (Lipinski definition) is 7. The molecule has 3 heterocycles. The minimum Gasteiger partial charge on any atom is -0.397 e. The molecular weight excluding hydrogens is 456 g/mol. The van der Waals surface area contributed by atoms with Crippen LogP contribution >= 0.6 is 11.3 Å². The van der Waals surface area contributed by atoms with Gasteiger partial charge in [-0.1, -0.05) is 49.4 Å². The zero-order valence-corrected chi connectivity index (χ0v) is 20.3. The van der Waals surface area contributed by atoms with Gasteiger partial charge in [-0.25, -0.2) is 4.98 Å². The topological polar surface area (TPSA) is 112 Å². The second kappa shape index (κ2) is 9.28. The van der Waals surface area contributed by atoms with Gasteiger partial charge in [0.1, 0.15) is 27.2 Å². The number of thiophene rings is 1. The molecule has 4 aromatic rings. The zero-order chi connectivity index (χ0) is 24.5. The highest BCUT2D eigenvalue weighted by molar-refractivity contribution is 7.21. The molecule has 1 amide bonds. The number of carbonyl (C=O) groups excluding carboxylic acids is 1. The van der Waals surface area contributed by atoms with E-state index in [2.05, 4.69) is 35.0 Å². The van der Waals surface area contributed by atoms with Crippen molar-refractivity contribution < 1.29 is 4.79 Å². The first-order valence-corrected chi connectivity index (χ1v) is 12.4. The van der Waals surface area contributed by atoms with Crippen molar-refractivity contribution in [2.24, 2.45) is 0 Å². The lowest BCUT2D eigenvalue weighted by Gasteiger charge is -2.36. The van der Waals surface area contributed by atoms with E-state index in [4.69, 9.17) is 11.5 Å². The Morgan fingerprint density at radius 2 is 1.74 bits per heavy atom. The maximum absolute atomic E-state index is 13.5. The van der Waals surface area contributed by atoms with Gasteiger partial charge >= 0.3 is 0 Å². The van der Waals surface area contributed by atoms with Crippen LogP contribution in [-0.4, -0.2) is 42.0 Å². The first-order valence-electron chi connectivity index (χ1n) is 11.6. The van der Waals surface area contributed by atoms with Gasteiger partial charge in [0.25, 0.3) is 5.91 Å². The second-order valence-corrected chi connectivity index (χ2v) is 9.55. The number of rotatable bonds is 4. The second-order valence-electron chi connectivity index (χ2n) is 8.55. The minimum absolute atomic E-state index is 0.109. The molecule has 0 atom stereocenters. The number of nitriles is 1. The number of aryl methyl sites for hydroxylation is 1. The number of nitrogen functional groups attached to an aromatic ring is 2. The Bertz CT molecular complexity index is 1430. The molecule has 0 unspecified atom stereocenters. The van der Waals surface area contributed by atoms with Crippen molar-refractivity contribution in [2.75, 3.05) is 42.5 Å². The number of nitrogens with zero attached hydrogens (tertiary/aromatic N) is 4. The number of fused-ring (bicyclic) bond motifs is 1. The number of carbonyl (C=O) groups is 1. The number of pyridine rings is 1. The number of nitrogens with two attached hydrogens (primary N) is 2. The summed E-state index contributed by atoms with van der Waals surface area (Å²) in [5, 5.41) is 10.5. The Morgan fingerprint density at radius 3 is 2.37 bits per heavy atom. The highest BCUT2D eigenvalue weighted by atomic mass is 32.1. The number of hydrogen-bond donors (Lipinski definition) is 2. The first-order chi connectivity index (χ1) is 17.0. The molecule has 1 aliphatic rings. The van der Waals surface area contributed by atoms with Gasteiger partial charge in [-0.2, -0.15) is 5.26 Å². The first kappa shape index (κ1) is 22.7. The van der Waals surface area contributed by atoms with Gasteiger partial charge in [0.2, 0.25) is 0 Å². The Morgan fingerprint density at radius 1 is 1.06 bits per heavy atom. The third kappa shape index (κ3) is 4.04. The summed E-state index contributed by atoms with van der Waals surface area (Å²) < 4.78 is 0. The van der Waals surface area contributed by atoms with E-state index in [1.807, 2.05) is 47.4 Å². The van der Waals surface area contributed by atoms with E-state index >= 15 is 0 Å². The summed E-state index contributed by atoms with van der Waals surface area (Å²) in [7, 11) is 0. The molecular formula is C27H26N6OS.